The molecule has 3 amide bonds. The number of primary amides is 1. The van der Waals surface area contributed by atoms with Crippen molar-refractivity contribution < 1.29 is 14.4 Å². The van der Waals surface area contributed by atoms with Gasteiger partial charge in [-0.1, -0.05) is 0 Å². The van der Waals surface area contributed by atoms with Crippen LogP contribution in [0.5, 0.6) is 0 Å². The quantitative estimate of drug-likeness (QED) is 0.594. The van der Waals surface area contributed by atoms with Crippen molar-refractivity contribution in [1.29, 1.82) is 0 Å². The second-order valence-electron chi connectivity index (χ2n) is 5.76. The molecule has 112 valence electrons. The molecule has 0 bridgehead atoms. The van der Waals surface area contributed by atoms with Crippen molar-refractivity contribution in [3.8, 4) is 0 Å². The Hall–Kier alpha value is -1.63. The number of likely N-dealkylation sites (tertiary alicyclic amines) is 1. The summed E-state index contributed by atoms with van der Waals surface area (Å²) >= 11 is 0. The number of hydrogen-bond acceptors (Lipinski definition) is 4. The number of rotatable bonds is 4. The molecule has 5 N–H and O–H groups in total. The first-order valence-electron chi connectivity index (χ1n) is 7.06. The van der Waals surface area contributed by atoms with E-state index in [0.29, 0.717) is 19.6 Å². The van der Waals surface area contributed by atoms with E-state index in [9.17, 15) is 14.4 Å². The number of hydrogen-bond donors (Lipinski definition) is 3. The summed E-state index contributed by atoms with van der Waals surface area (Å²) in [6.45, 7) is 1.73. The van der Waals surface area contributed by atoms with Crippen molar-refractivity contribution in [2.45, 2.75) is 38.1 Å². The zero-order valence-electron chi connectivity index (χ0n) is 11.6. The first-order chi connectivity index (χ1) is 9.44. The molecule has 7 nitrogen and oxygen atoms in total. The van der Waals surface area contributed by atoms with Crippen molar-refractivity contribution >= 4 is 17.7 Å². The smallest absolute Gasteiger partial charge is 0.239 e. The fourth-order valence-electron chi connectivity index (χ4n) is 3.08. The Balaban J connectivity index is 1.96. The third-order valence-electron chi connectivity index (χ3n) is 4.28. The summed E-state index contributed by atoms with van der Waals surface area (Å²) in [6, 6.07) is -0.720. The molecule has 0 aromatic carbocycles. The predicted octanol–water partition coefficient (Wildman–Crippen LogP) is -1.29. The van der Waals surface area contributed by atoms with Crippen LogP contribution >= 0.6 is 0 Å². The van der Waals surface area contributed by atoms with E-state index in [-0.39, 0.29) is 24.7 Å². The first kappa shape index (κ1) is 14.8. The number of nitrogens with one attached hydrogen (secondary N) is 1. The van der Waals surface area contributed by atoms with E-state index in [2.05, 4.69) is 5.32 Å². The fourth-order valence-corrected chi connectivity index (χ4v) is 3.08. The van der Waals surface area contributed by atoms with Gasteiger partial charge in [-0.15, -0.1) is 0 Å². The van der Waals surface area contributed by atoms with Gasteiger partial charge in [-0.2, -0.15) is 0 Å². The molecule has 0 saturated carbocycles. The molecule has 2 aliphatic rings. The highest BCUT2D eigenvalue weighted by Gasteiger charge is 2.46. The molecule has 0 aliphatic carbocycles. The van der Waals surface area contributed by atoms with Gasteiger partial charge >= 0.3 is 0 Å². The zero-order chi connectivity index (χ0) is 14.8. The van der Waals surface area contributed by atoms with Gasteiger partial charge in [0.2, 0.25) is 17.7 Å². The minimum Gasteiger partial charge on any atom is -0.370 e. The maximum Gasteiger partial charge on any atom is 0.239 e. The van der Waals surface area contributed by atoms with Crippen LogP contribution in [-0.4, -0.2) is 48.3 Å². The van der Waals surface area contributed by atoms with Crippen molar-refractivity contribution in [3.63, 3.8) is 0 Å². The Bertz CT molecular complexity index is 426. The van der Waals surface area contributed by atoms with E-state index >= 15 is 0 Å². The van der Waals surface area contributed by atoms with Gasteiger partial charge in [0.15, 0.2) is 0 Å². The Morgan fingerprint density at radius 3 is 2.75 bits per heavy atom. The van der Waals surface area contributed by atoms with E-state index in [0.717, 1.165) is 19.3 Å². The first-order valence-corrected chi connectivity index (χ1v) is 7.06. The van der Waals surface area contributed by atoms with Gasteiger partial charge in [0.1, 0.15) is 0 Å². The Labute approximate surface area is 118 Å². The van der Waals surface area contributed by atoms with Crippen LogP contribution in [-0.2, 0) is 14.4 Å². The summed E-state index contributed by atoms with van der Waals surface area (Å²) in [7, 11) is 0. The van der Waals surface area contributed by atoms with Gasteiger partial charge in [-0.3, -0.25) is 14.4 Å². The lowest BCUT2D eigenvalue weighted by Gasteiger charge is -2.39. The molecule has 1 spiro atoms. The van der Waals surface area contributed by atoms with Crippen LogP contribution in [0.3, 0.4) is 0 Å². The second-order valence-corrected chi connectivity index (χ2v) is 5.76. The lowest BCUT2D eigenvalue weighted by atomic mass is 9.78. The Morgan fingerprint density at radius 2 is 2.15 bits per heavy atom. The summed E-state index contributed by atoms with van der Waals surface area (Å²) in [5.74, 6) is -0.607. The van der Waals surface area contributed by atoms with Crippen LogP contribution in [0.4, 0.5) is 0 Å². The number of amides is 3. The number of carbonyl (C=O) groups excluding carboxylic acids is 3. The molecule has 2 saturated heterocycles. The van der Waals surface area contributed by atoms with Crippen molar-refractivity contribution in [3.05, 3.63) is 0 Å². The molecule has 20 heavy (non-hydrogen) atoms. The monoisotopic (exact) mass is 282 g/mol. The van der Waals surface area contributed by atoms with Crippen molar-refractivity contribution in [1.82, 2.24) is 10.2 Å². The van der Waals surface area contributed by atoms with Crippen LogP contribution in [0.2, 0.25) is 0 Å². The highest BCUT2D eigenvalue weighted by molar-refractivity contribution is 5.87. The van der Waals surface area contributed by atoms with Crippen LogP contribution in [0.25, 0.3) is 0 Å². The van der Waals surface area contributed by atoms with Gasteiger partial charge < -0.3 is 21.7 Å². The van der Waals surface area contributed by atoms with Crippen molar-refractivity contribution in [2.24, 2.45) is 16.9 Å². The third-order valence-corrected chi connectivity index (χ3v) is 4.28. The van der Waals surface area contributed by atoms with Gasteiger partial charge in [-0.05, 0) is 25.7 Å². The normalized spacial score (nSPS) is 27.4. The summed E-state index contributed by atoms with van der Waals surface area (Å²) in [6.07, 6.45) is 2.75. The van der Waals surface area contributed by atoms with Gasteiger partial charge in [0, 0.05) is 26.1 Å². The highest BCUT2D eigenvalue weighted by atomic mass is 16.2. The van der Waals surface area contributed by atoms with E-state index in [1.807, 2.05) is 0 Å². The molecule has 0 aromatic heterocycles. The predicted molar refractivity (Wildman–Crippen MR) is 72.3 cm³/mol. The average molecular weight is 282 g/mol. The maximum atomic E-state index is 12.3. The molecule has 2 aliphatic heterocycles. The Morgan fingerprint density at radius 1 is 1.40 bits per heavy atom. The number of nitrogens with two attached hydrogens (primary N) is 2. The summed E-state index contributed by atoms with van der Waals surface area (Å²) in [5.41, 5.74) is 10.4. The summed E-state index contributed by atoms with van der Waals surface area (Å²) in [5, 5.41) is 2.84. The molecular formula is C13H22N4O3. The largest absolute Gasteiger partial charge is 0.370 e. The topological polar surface area (TPSA) is 119 Å². The average Bonchev–Trinajstić information content (AvgIpc) is 2.76. The number of piperidine rings is 1. The lowest BCUT2D eigenvalue weighted by molar-refractivity contribution is -0.140. The van der Waals surface area contributed by atoms with E-state index in [4.69, 9.17) is 11.5 Å². The van der Waals surface area contributed by atoms with Gasteiger partial charge in [0.05, 0.1) is 11.5 Å². The lowest BCUT2D eigenvalue weighted by Crippen LogP contribution is -2.53. The third kappa shape index (κ3) is 2.92. The second kappa shape index (κ2) is 5.78. The molecule has 0 aromatic rings. The fraction of sp³-hybridized carbons (Fsp3) is 0.769. The molecule has 2 fully saturated rings. The summed E-state index contributed by atoms with van der Waals surface area (Å²) in [4.78, 5) is 36.6. The van der Waals surface area contributed by atoms with Crippen molar-refractivity contribution in [2.75, 3.05) is 19.6 Å². The molecule has 0 radical (unpaired) electrons. The highest BCUT2D eigenvalue weighted by Crippen LogP contribution is 2.36. The van der Waals surface area contributed by atoms with Crippen LogP contribution in [0, 0.1) is 5.41 Å². The SMILES string of the molecule is NC(=O)CC[C@H](N)C(=O)N1CCCC2(CCNC2=O)C1. The van der Waals surface area contributed by atoms with E-state index < -0.39 is 17.4 Å². The molecule has 2 atom stereocenters. The molecule has 2 heterocycles. The van der Waals surface area contributed by atoms with E-state index in [1.54, 1.807) is 4.90 Å². The number of carbonyl (C=O) groups is 3. The van der Waals surface area contributed by atoms with E-state index in [1.165, 1.54) is 0 Å². The standard InChI is InChI=1S/C13H22N4O3/c14-9(2-3-10(15)18)11(19)17-7-1-4-13(8-17)5-6-16-12(13)20/h9H,1-8,14H2,(H2,15,18)(H,16,20)/t9-,13?/m0/s1. The summed E-state index contributed by atoms with van der Waals surface area (Å²) < 4.78 is 0. The molecule has 1 unspecified atom stereocenters. The molecule has 2 rings (SSSR count). The zero-order valence-corrected chi connectivity index (χ0v) is 11.6. The minimum absolute atomic E-state index is 0.0423. The van der Waals surface area contributed by atoms with Gasteiger partial charge in [0.25, 0.3) is 0 Å². The minimum atomic E-state index is -0.720. The Kier molecular flexibility index (Phi) is 4.27. The van der Waals surface area contributed by atoms with Gasteiger partial charge in [-0.25, -0.2) is 0 Å². The number of nitrogens with zero attached hydrogens (tertiary/aromatic N) is 1. The molecule has 7 heteroatoms. The van der Waals surface area contributed by atoms with Crippen LogP contribution in [0.15, 0.2) is 0 Å². The molecular weight excluding hydrogens is 260 g/mol. The van der Waals surface area contributed by atoms with Crippen LogP contribution < -0.4 is 16.8 Å². The maximum absolute atomic E-state index is 12.3. The van der Waals surface area contributed by atoms with Crippen LogP contribution in [0.1, 0.15) is 32.1 Å².